The van der Waals surface area contributed by atoms with Crippen LogP contribution in [-0.2, 0) is 10.0 Å². The lowest BCUT2D eigenvalue weighted by molar-refractivity contribution is 0.388. The van der Waals surface area contributed by atoms with Crippen molar-refractivity contribution in [1.29, 1.82) is 0 Å². The lowest BCUT2D eigenvalue weighted by atomic mass is 10.1. The minimum absolute atomic E-state index is 0.535. The molecule has 2 N–H and O–H groups in total. The summed E-state index contributed by atoms with van der Waals surface area (Å²) in [6.45, 7) is 4.47. The molecule has 0 unspecified atom stereocenters. The summed E-state index contributed by atoms with van der Waals surface area (Å²) in [4.78, 5) is 2.19. The number of anilines is 2. The standard InChI is InChI=1S/C12H19N3O2S/c1-10-11(13)4-3-5-12(10)14-6-8-15(9-7-14)18(2,16)17/h3-5H,6-9,13H2,1-2H3. The third-order valence-corrected chi connectivity index (χ3v) is 4.70. The number of rotatable bonds is 2. The van der Waals surface area contributed by atoms with Gasteiger partial charge < -0.3 is 10.6 Å². The highest BCUT2D eigenvalue weighted by atomic mass is 32.2. The second-order valence-electron chi connectivity index (χ2n) is 4.64. The van der Waals surface area contributed by atoms with Crippen molar-refractivity contribution in [1.82, 2.24) is 4.31 Å². The van der Waals surface area contributed by atoms with Crippen LogP contribution >= 0.6 is 0 Å². The molecule has 0 amide bonds. The molecule has 100 valence electrons. The van der Waals surface area contributed by atoms with E-state index in [1.165, 1.54) is 10.6 Å². The van der Waals surface area contributed by atoms with Gasteiger partial charge in [-0.15, -0.1) is 0 Å². The average Bonchev–Trinajstić information content (AvgIpc) is 2.32. The predicted molar refractivity (Wildman–Crippen MR) is 74.2 cm³/mol. The highest BCUT2D eigenvalue weighted by molar-refractivity contribution is 7.88. The molecule has 18 heavy (non-hydrogen) atoms. The zero-order chi connectivity index (χ0) is 13.3. The van der Waals surface area contributed by atoms with E-state index >= 15 is 0 Å². The van der Waals surface area contributed by atoms with Gasteiger partial charge in [0.25, 0.3) is 0 Å². The zero-order valence-electron chi connectivity index (χ0n) is 10.8. The fraction of sp³-hybridized carbons (Fsp3) is 0.500. The third-order valence-electron chi connectivity index (χ3n) is 3.40. The van der Waals surface area contributed by atoms with Gasteiger partial charge in [0, 0.05) is 37.6 Å². The van der Waals surface area contributed by atoms with Crippen LogP contribution in [0.1, 0.15) is 5.56 Å². The van der Waals surface area contributed by atoms with E-state index in [-0.39, 0.29) is 0 Å². The van der Waals surface area contributed by atoms with Crippen LogP contribution in [0.3, 0.4) is 0 Å². The molecule has 0 radical (unpaired) electrons. The molecule has 0 saturated carbocycles. The summed E-state index contributed by atoms with van der Waals surface area (Å²) in [6, 6.07) is 5.84. The molecule has 0 atom stereocenters. The lowest BCUT2D eigenvalue weighted by Crippen LogP contribution is -2.48. The Morgan fingerprint density at radius 2 is 1.78 bits per heavy atom. The molecular formula is C12H19N3O2S. The molecule has 1 aliphatic heterocycles. The zero-order valence-corrected chi connectivity index (χ0v) is 11.6. The van der Waals surface area contributed by atoms with Gasteiger partial charge >= 0.3 is 0 Å². The van der Waals surface area contributed by atoms with Crippen LogP contribution in [-0.4, -0.2) is 45.2 Å². The fourth-order valence-corrected chi connectivity index (χ4v) is 3.07. The van der Waals surface area contributed by atoms with Gasteiger partial charge in [-0.1, -0.05) is 6.07 Å². The van der Waals surface area contributed by atoms with Crippen molar-refractivity contribution in [3.8, 4) is 0 Å². The van der Waals surface area contributed by atoms with E-state index in [2.05, 4.69) is 4.90 Å². The molecule has 6 heteroatoms. The van der Waals surface area contributed by atoms with Crippen molar-refractivity contribution < 1.29 is 8.42 Å². The molecule has 0 bridgehead atoms. The maximum Gasteiger partial charge on any atom is 0.211 e. The number of sulfonamides is 1. The van der Waals surface area contributed by atoms with Crippen LogP contribution in [0.2, 0.25) is 0 Å². The van der Waals surface area contributed by atoms with E-state index in [1.807, 2.05) is 25.1 Å². The van der Waals surface area contributed by atoms with Crippen LogP contribution in [0.4, 0.5) is 11.4 Å². The number of hydrogen-bond acceptors (Lipinski definition) is 4. The molecule has 5 nitrogen and oxygen atoms in total. The van der Waals surface area contributed by atoms with Gasteiger partial charge in [-0.05, 0) is 24.6 Å². The van der Waals surface area contributed by atoms with E-state index in [0.29, 0.717) is 26.2 Å². The maximum absolute atomic E-state index is 11.4. The van der Waals surface area contributed by atoms with Crippen molar-refractivity contribution >= 4 is 21.4 Å². The van der Waals surface area contributed by atoms with Crippen LogP contribution in [0.25, 0.3) is 0 Å². The van der Waals surface area contributed by atoms with E-state index in [1.54, 1.807) is 0 Å². The first-order chi connectivity index (χ1) is 8.39. The Bertz CT molecular complexity index is 534. The molecular weight excluding hydrogens is 250 g/mol. The molecule has 0 aliphatic carbocycles. The molecule has 1 heterocycles. The van der Waals surface area contributed by atoms with Crippen molar-refractivity contribution in [3.63, 3.8) is 0 Å². The van der Waals surface area contributed by atoms with Gasteiger partial charge in [0.05, 0.1) is 6.26 Å². The van der Waals surface area contributed by atoms with Crippen LogP contribution in [0, 0.1) is 6.92 Å². The first-order valence-electron chi connectivity index (χ1n) is 5.95. The molecule has 1 aliphatic rings. The minimum atomic E-state index is -3.07. The molecule has 1 aromatic carbocycles. The summed E-state index contributed by atoms with van der Waals surface area (Å²) in [5, 5.41) is 0. The number of nitrogens with zero attached hydrogens (tertiary/aromatic N) is 2. The Labute approximate surface area is 108 Å². The number of piperazine rings is 1. The first kappa shape index (κ1) is 13.2. The van der Waals surface area contributed by atoms with E-state index < -0.39 is 10.0 Å². The molecule has 1 aromatic rings. The lowest BCUT2D eigenvalue weighted by Gasteiger charge is -2.35. The maximum atomic E-state index is 11.4. The smallest absolute Gasteiger partial charge is 0.211 e. The summed E-state index contributed by atoms with van der Waals surface area (Å²) in [7, 11) is -3.07. The Hall–Kier alpha value is -1.27. The normalized spacial score (nSPS) is 18.0. The summed E-state index contributed by atoms with van der Waals surface area (Å²) in [5.41, 5.74) is 8.83. The van der Waals surface area contributed by atoms with Crippen molar-refractivity contribution in [2.75, 3.05) is 43.1 Å². The number of benzene rings is 1. The van der Waals surface area contributed by atoms with Gasteiger partial charge in [0.15, 0.2) is 0 Å². The molecule has 1 saturated heterocycles. The van der Waals surface area contributed by atoms with Crippen molar-refractivity contribution in [2.45, 2.75) is 6.92 Å². The average molecular weight is 269 g/mol. The quantitative estimate of drug-likeness (QED) is 0.801. The van der Waals surface area contributed by atoms with Gasteiger partial charge in [0.2, 0.25) is 10.0 Å². The fourth-order valence-electron chi connectivity index (χ4n) is 2.24. The minimum Gasteiger partial charge on any atom is -0.398 e. The summed E-state index contributed by atoms with van der Waals surface area (Å²) in [5.74, 6) is 0. The van der Waals surface area contributed by atoms with Gasteiger partial charge in [-0.2, -0.15) is 4.31 Å². The van der Waals surface area contributed by atoms with Crippen LogP contribution < -0.4 is 10.6 Å². The number of nitrogens with two attached hydrogens (primary N) is 1. The topological polar surface area (TPSA) is 66.6 Å². The Balaban J connectivity index is 2.13. The van der Waals surface area contributed by atoms with Crippen LogP contribution in [0.5, 0.6) is 0 Å². The van der Waals surface area contributed by atoms with Gasteiger partial charge in [-0.3, -0.25) is 0 Å². The molecule has 2 rings (SSSR count). The number of hydrogen-bond donors (Lipinski definition) is 1. The van der Waals surface area contributed by atoms with Crippen LogP contribution in [0.15, 0.2) is 18.2 Å². The SMILES string of the molecule is Cc1c(N)cccc1N1CCN(S(C)(=O)=O)CC1. The second kappa shape index (κ2) is 4.78. The summed E-state index contributed by atoms with van der Waals surface area (Å²) < 4.78 is 24.4. The Kier molecular flexibility index (Phi) is 3.49. The molecule has 0 spiro atoms. The van der Waals surface area contributed by atoms with E-state index in [0.717, 1.165) is 16.9 Å². The van der Waals surface area contributed by atoms with E-state index in [4.69, 9.17) is 5.73 Å². The van der Waals surface area contributed by atoms with Gasteiger partial charge in [0.1, 0.15) is 0 Å². The monoisotopic (exact) mass is 269 g/mol. The van der Waals surface area contributed by atoms with Crippen molar-refractivity contribution in [3.05, 3.63) is 23.8 Å². The Morgan fingerprint density at radius 1 is 1.17 bits per heavy atom. The third kappa shape index (κ3) is 2.59. The molecule has 0 aromatic heterocycles. The first-order valence-corrected chi connectivity index (χ1v) is 7.79. The van der Waals surface area contributed by atoms with Gasteiger partial charge in [-0.25, -0.2) is 8.42 Å². The highest BCUT2D eigenvalue weighted by Gasteiger charge is 2.24. The van der Waals surface area contributed by atoms with Crippen molar-refractivity contribution in [2.24, 2.45) is 0 Å². The molecule has 1 fully saturated rings. The largest absolute Gasteiger partial charge is 0.398 e. The number of nitrogen functional groups attached to an aromatic ring is 1. The highest BCUT2D eigenvalue weighted by Crippen LogP contribution is 2.25. The van der Waals surface area contributed by atoms with E-state index in [9.17, 15) is 8.42 Å². The summed E-state index contributed by atoms with van der Waals surface area (Å²) >= 11 is 0. The second-order valence-corrected chi connectivity index (χ2v) is 6.62. The Morgan fingerprint density at radius 3 is 2.33 bits per heavy atom. The summed E-state index contributed by atoms with van der Waals surface area (Å²) in [6.07, 6.45) is 1.26. The predicted octanol–water partition coefficient (Wildman–Crippen LogP) is 0.659.